The van der Waals surface area contributed by atoms with Crippen LogP contribution in [-0.4, -0.2) is 23.8 Å². The highest BCUT2D eigenvalue weighted by atomic mass is 79.9. The minimum Gasteiger partial charge on any atom is -0.393 e. The molecular formula is C15H21BrN2O2. The van der Waals surface area contributed by atoms with Gasteiger partial charge in [-0.15, -0.1) is 0 Å². The monoisotopic (exact) mass is 340 g/mol. The van der Waals surface area contributed by atoms with Crippen molar-refractivity contribution in [2.45, 2.75) is 38.7 Å². The number of carbonyl (C=O) groups is 1. The van der Waals surface area contributed by atoms with Crippen LogP contribution in [0.3, 0.4) is 0 Å². The van der Waals surface area contributed by atoms with E-state index < -0.39 is 0 Å². The Morgan fingerprint density at radius 3 is 3.00 bits per heavy atom. The van der Waals surface area contributed by atoms with E-state index in [9.17, 15) is 9.90 Å². The molecule has 4 nitrogen and oxygen atoms in total. The molecular weight excluding hydrogens is 320 g/mol. The Balaban J connectivity index is 1.82. The van der Waals surface area contributed by atoms with Crippen molar-refractivity contribution in [1.82, 2.24) is 5.32 Å². The second-order valence-electron chi connectivity index (χ2n) is 5.48. The SMILES string of the molecule is Cc1ccc(Br)cc1NC(=O)NCC1CCCC(O)C1. The van der Waals surface area contributed by atoms with E-state index in [4.69, 9.17) is 0 Å². The number of benzene rings is 1. The molecule has 1 saturated carbocycles. The molecule has 1 aromatic rings. The minimum absolute atomic E-state index is 0.189. The number of aliphatic hydroxyl groups excluding tert-OH is 1. The predicted octanol–water partition coefficient (Wildman–Crippen LogP) is 3.43. The van der Waals surface area contributed by atoms with Gasteiger partial charge in [-0.1, -0.05) is 28.4 Å². The maximum Gasteiger partial charge on any atom is 0.319 e. The molecule has 2 rings (SSSR count). The van der Waals surface area contributed by atoms with Crippen molar-refractivity contribution in [2.75, 3.05) is 11.9 Å². The molecule has 2 atom stereocenters. The maximum atomic E-state index is 11.9. The fourth-order valence-electron chi connectivity index (χ4n) is 2.58. The molecule has 1 aromatic carbocycles. The molecule has 1 aliphatic rings. The van der Waals surface area contributed by atoms with Crippen molar-refractivity contribution in [1.29, 1.82) is 0 Å². The van der Waals surface area contributed by atoms with Crippen LogP contribution in [-0.2, 0) is 0 Å². The van der Waals surface area contributed by atoms with Crippen LogP contribution in [0.15, 0.2) is 22.7 Å². The zero-order chi connectivity index (χ0) is 14.5. The smallest absolute Gasteiger partial charge is 0.319 e. The number of aliphatic hydroxyl groups is 1. The van der Waals surface area contributed by atoms with Crippen LogP contribution in [0.25, 0.3) is 0 Å². The molecule has 0 bridgehead atoms. The largest absolute Gasteiger partial charge is 0.393 e. The quantitative estimate of drug-likeness (QED) is 0.789. The Morgan fingerprint density at radius 2 is 2.25 bits per heavy atom. The molecule has 2 unspecified atom stereocenters. The third-order valence-electron chi connectivity index (χ3n) is 3.75. The summed E-state index contributed by atoms with van der Waals surface area (Å²) in [7, 11) is 0. The van der Waals surface area contributed by atoms with Crippen LogP contribution in [0.5, 0.6) is 0 Å². The van der Waals surface area contributed by atoms with E-state index in [1.54, 1.807) is 0 Å². The van der Waals surface area contributed by atoms with E-state index in [0.29, 0.717) is 12.5 Å². The fraction of sp³-hybridized carbons (Fsp3) is 0.533. The zero-order valence-corrected chi connectivity index (χ0v) is 13.2. The second kappa shape index (κ2) is 7.09. The number of carbonyl (C=O) groups excluding carboxylic acids is 1. The molecule has 3 N–H and O–H groups in total. The number of rotatable bonds is 3. The third-order valence-corrected chi connectivity index (χ3v) is 4.25. The third kappa shape index (κ3) is 4.49. The second-order valence-corrected chi connectivity index (χ2v) is 6.40. The summed E-state index contributed by atoms with van der Waals surface area (Å²) in [5.74, 6) is 0.383. The first kappa shape index (κ1) is 15.3. The lowest BCUT2D eigenvalue weighted by molar-refractivity contribution is 0.101. The van der Waals surface area contributed by atoms with Gasteiger partial charge in [0.15, 0.2) is 0 Å². The number of hydrogen-bond donors (Lipinski definition) is 3. The molecule has 0 spiro atoms. The van der Waals surface area contributed by atoms with Gasteiger partial charge in [0.1, 0.15) is 0 Å². The average molecular weight is 341 g/mol. The molecule has 1 aliphatic carbocycles. The molecule has 0 radical (unpaired) electrons. The van der Waals surface area contributed by atoms with Crippen LogP contribution in [0.4, 0.5) is 10.5 Å². The van der Waals surface area contributed by atoms with Gasteiger partial charge in [0, 0.05) is 16.7 Å². The standard InChI is InChI=1S/C15H21BrN2O2/c1-10-5-6-12(16)8-14(10)18-15(20)17-9-11-3-2-4-13(19)7-11/h5-6,8,11,13,19H,2-4,7,9H2,1H3,(H2,17,18,20). The molecule has 0 aliphatic heterocycles. The predicted molar refractivity (Wildman–Crippen MR) is 83.9 cm³/mol. The van der Waals surface area contributed by atoms with E-state index in [-0.39, 0.29) is 12.1 Å². The first-order valence-corrected chi connectivity index (χ1v) is 7.83. The number of hydrogen-bond acceptors (Lipinski definition) is 2. The summed E-state index contributed by atoms with van der Waals surface area (Å²) in [5.41, 5.74) is 1.83. The van der Waals surface area contributed by atoms with E-state index >= 15 is 0 Å². The van der Waals surface area contributed by atoms with Gasteiger partial charge in [0.2, 0.25) is 0 Å². The highest BCUT2D eigenvalue weighted by Crippen LogP contribution is 2.24. The number of nitrogens with one attached hydrogen (secondary N) is 2. The minimum atomic E-state index is -0.203. The van der Waals surface area contributed by atoms with Crippen molar-refractivity contribution in [3.8, 4) is 0 Å². The van der Waals surface area contributed by atoms with Crippen LogP contribution < -0.4 is 10.6 Å². The molecule has 110 valence electrons. The van der Waals surface area contributed by atoms with Gasteiger partial charge in [0.05, 0.1) is 6.10 Å². The number of aryl methyl sites for hydroxylation is 1. The Bertz CT molecular complexity index is 479. The summed E-state index contributed by atoms with van der Waals surface area (Å²) in [6.45, 7) is 2.58. The molecule has 0 aromatic heterocycles. The summed E-state index contributed by atoms with van der Waals surface area (Å²) < 4.78 is 0.939. The van der Waals surface area contributed by atoms with Crippen molar-refractivity contribution in [3.05, 3.63) is 28.2 Å². The van der Waals surface area contributed by atoms with Crippen molar-refractivity contribution >= 4 is 27.6 Å². The molecule has 0 saturated heterocycles. The van der Waals surface area contributed by atoms with Crippen LogP contribution in [0, 0.1) is 12.8 Å². The maximum absolute atomic E-state index is 11.9. The summed E-state index contributed by atoms with van der Waals surface area (Å²) in [5, 5.41) is 15.4. The van der Waals surface area contributed by atoms with Crippen LogP contribution in [0.1, 0.15) is 31.2 Å². The van der Waals surface area contributed by atoms with E-state index in [1.165, 1.54) is 0 Å². The number of anilines is 1. The summed E-state index contributed by atoms with van der Waals surface area (Å²) in [6.07, 6.45) is 3.59. The number of halogens is 1. The van der Waals surface area contributed by atoms with E-state index in [2.05, 4.69) is 26.6 Å². The van der Waals surface area contributed by atoms with Gasteiger partial charge in [-0.25, -0.2) is 4.79 Å². The molecule has 5 heteroatoms. The number of amides is 2. The van der Waals surface area contributed by atoms with Gasteiger partial charge < -0.3 is 15.7 Å². The van der Waals surface area contributed by atoms with Gasteiger partial charge in [-0.2, -0.15) is 0 Å². The van der Waals surface area contributed by atoms with Gasteiger partial charge >= 0.3 is 6.03 Å². The fourth-order valence-corrected chi connectivity index (χ4v) is 2.94. The summed E-state index contributed by atoms with van der Waals surface area (Å²) in [6, 6.07) is 5.60. The normalized spacial score (nSPS) is 22.4. The van der Waals surface area contributed by atoms with Crippen LogP contribution in [0.2, 0.25) is 0 Å². The van der Waals surface area contributed by atoms with Gasteiger partial charge in [0.25, 0.3) is 0 Å². The van der Waals surface area contributed by atoms with Crippen LogP contribution >= 0.6 is 15.9 Å². The highest BCUT2D eigenvalue weighted by Gasteiger charge is 2.20. The summed E-state index contributed by atoms with van der Waals surface area (Å²) in [4.78, 5) is 11.9. The van der Waals surface area contributed by atoms with Crippen molar-refractivity contribution in [3.63, 3.8) is 0 Å². The first-order chi connectivity index (χ1) is 9.54. The lowest BCUT2D eigenvalue weighted by atomic mass is 9.87. The Hall–Kier alpha value is -1.07. The van der Waals surface area contributed by atoms with Gasteiger partial charge in [-0.05, 0) is 49.8 Å². The average Bonchev–Trinajstić information content (AvgIpc) is 2.41. The Labute approximate surface area is 128 Å². The molecule has 20 heavy (non-hydrogen) atoms. The van der Waals surface area contributed by atoms with Gasteiger partial charge in [-0.3, -0.25) is 0 Å². The zero-order valence-electron chi connectivity index (χ0n) is 11.7. The highest BCUT2D eigenvalue weighted by molar-refractivity contribution is 9.10. The lowest BCUT2D eigenvalue weighted by Gasteiger charge is -2.25. The van der Waals surface area contributed by atoms with E-state index in [1.807, 2.05) is 25.1 Å². The summed E-state index contributed by atoms with van der Waals surface area (Å²) >= 11 is 3.39. The van der Waals surface area contributed by atoms with Crippen molar-refractivity contribution in [2.24, 2.45) is 5.92 Å². The molecule has 1 fully saturated rings. The lowest BCUT2D eigenvalue weighted by Crippen LogP contribution is -2.35. The Kier molecular flexibility index (Phi) is 5.43. The molecule has 2 amide bonds. The number of urea groups is 1. The van der Waals surface area contributed by atoms with Crippen molar-refractivity contribution < 1.29 is 9.90 Å². The van der Waals surface area contributed by atoms with E-state index in [0.717, 1.165) is 41.4 Å². The Morgan fingerprint density at radius 1 is 1.45 bits per heavy atom. The molecule has 0 heterocycles. The topological polar surface area (TPSA) is 61.4 Å². The first-order valence-electron chi connectivity index (χ1n) is 7.03.